The fraction of sp³-hybridized carbons (Fsp3) is 0.480. The van der Waals surface area contributed by atoms with Crippen LogP contribution in [0.25, 0.3) is 16.6 Å². The van der Waals surface area contributed by atoms with Crippen LogP contribution in [0.5, 0.6) is 5.75 Å². The predicted octanol–water partition coefficient (Wildman–Crippen LogP) is 3.81. The van der Waals surface area contributed by atoms with Crippen LogP contribution >= 0.6 is 0 Å². The van der Waals surface area contributed by atoms with Crippen molar-refractivity contribution in [2.75, 3.05) is 50.2 Å². The fourth-order valence-corrected chi connectivity index (χ4v) is 4.55. The Morgan fingerprint density at radius 2 is 2.03 bits per heavy atom. The number of aromatic nitrogens is 3. The number of alkyl halides is 1. The molecule has 0 bridgehead atoms. The number of anilines is 3. The first-order chi connectivity index (χ1) is 17.0. The number of hydrogen-bond acceptors (Lipinski definition) is 8. The van der Waals surface area contributed by atoms with Gasteiger partial charge in [0.2, 0.25) is 0 Å². The average molecular weight is 500 g/mol. The Morgan fingerprint density at radius 1 is 1.28 bits per heavy atom. The number of benzene rings is 1. The zero-order valence-electron chi connectivity index (χ0n) is 21.6. The number of nitrogens with two attached hydrogens (primary N) is 1. The van der Waals surface area contributed by atoms with Gasteiger partial charge in [0.15, 0.2) is 5.82 Å². The number of methoxy groups -OCH3 is 1. The Bertz CT molecular complexity index is 1250. The summed E-state index contributed by atoms with van der Waals surface area (Å²) in [6, 6.07) is 7.20. The molecule has 11 heteroatoms. The SMILES string of the molecule is COc1cc(-c2cc(N3CC[C@@H](N(C)C)[C@H](F)C3)n3ncnc(N)c23)ccc1NC(=O)OC(C)(C)C. The smallest absolute Gasteiger partial charge is 0.412 e. The average Bonchev–Trinajstić information content (AvgIpc) is 3.19. The number of amides is 1. The van der Waals surface area contributed by atoms with E-state index in [1.165, 1.54) is 13.4 Å². The summed E-state index contributed by atoms with van der Waals surface area (Å²) in [5.74, 6) is 1.50. The van der Waals surface area contributed by atoms with Gasteiger partial charge in [0.1, 0.15) is 35.2 Å². The highest BCUT2D eigenvalue weighted by atomic mass is 19.1. The van der Waals surface area contributed by atoms with Gasteiger partial charge in [-0.15, -0.1) is 0 Å². The molecule has 2 aromatic heterocycles. The highest BCUT2D eigenvalue weighted by Crippen LogP contribution is 2.38. The Balaban J connectivity index is 1.71. The van der Waals surface area contributed by atoms with Gasteiger partial charge >= 0.3 is 6.09 Å². The number of piperidine rings is 1. The molecule has 3 heterocycles. The van der Waals surface area contributed by atoms with Crippen molar-refractivity contribution in [1.29, 1.82) is 0 Å². The van der Waals surface area contributed by atoms with E-state index in [0.29, 0.717) is 35.7 Å². The van der Waals surface area contributed by atoms with Crippen molar-refractivity contribution in [3.63, 3.8) is 0 Å². The molecule has 0 radical (unpaired) electrons. The molecule has 1 aromatic carbocycles. The molecule has 1 amide bonds. The van der Waals surface area contributed by atoms with Crippen molar-refractivity contribution in [3.05, 3.63) is 30.6 Å². The van der Waals surface area contributed by atoms with Crippen molar-refractivity contribution in [2.24, 2.45) is 0 Å². The van der Waals surface area contributed by atoms with Crippen LogP contribution in [0.1, 0.15) is 27.2 Å². The van der Waals surface area contributed by atoms with Crippen molar-refractivity contribution in [3.8, 4) is 16.9 Å². The summed E-state index contributed by atoms with van der Waals surface area (Å²) in [6.45, 7) is 6.32. The summed E-state index contributed by atoms with van der Waals surface area (Å²) in [7, 11) is 5.33. The number of hydrogen-bond donors (Lipinski definition) is 2. The van der Waals surface area contributed by atoms with E-state index in [9.17, 15) is 9.18 Å². The number of carbonyl (C=O) groups excluding carboxylic acids is 1. The largest absolute Gasteiger partial charge is 0.495 e. The van der Waals surface area contributed by atoms with Gasteiger partial charge in [0.25, 0.3) is 0 Å². The van der Waals surface area contributed by atoms with Crippen molar-refractivity contribution < 1.29 is 18.7 Å². The van der Waals surface area contributed by atoms with Crippen LogP contribution in [-0.4, -0.2) is 77.7 Å². The summed E-state index contributed by atoms with van der Waals surface area (Å²) in [6.07, 6.45) is 0.504. The van der Waals surface area contributed by atoms with Crippen molar-refractivity contribution >= 4 is 28.9 Å². The number of ether oxygens (including phenoxy) is 2. The quantitative estimate of drug-likeness (QED) is 0.545. The van der Waals surface area contributed by atoms with Gasteiger partial charge < -0.3 is 25.0 Å². The van der Waals surface area contributed by atoms with Crippen LogP contribution in [0.3, 0.4) is 0 Å². The molecule has 0 unspecified atom stereocenters. The standard InChI is InChI=1S/C25H34FN7O3/c1-25(2,3)36-24(34)30-18-8-7-15(11-20(18)35-6)16-12-21(33-22(16)23(27)28-14-29-33)32-10-9-19(31(4)5)17(26)13-32/h7-8,11-12,14,17,19H,9-10,13H2,1-6H3,(H,30,34)(H2,27,28,29)/t17-,19-/m1/s1. The molecular formula is C25H34FN7O3. The first-order valence-electron chi connectivity index (χ1n) is 11.8. The Hall–Kier alpha value is -3.60. The monoisotopic (exact) mass is 499 g/mol. The second-order valence-corrected chi connectivity index (χ2v) is 10.1. The van der Waals surface area contributed by atoms with Crippen LogP contribution < -0.4 is 20.7 Å². The van der Waals surface area contributed by atoms with Crippen LogP contribution in [0.15, 0.2) is 30.6 Å². The van der Waals surface area contributed by atoms with Crippen molar-refractivity contribution in [1.82, 2.24) is 19.5 Å². The second-order valence-electron chi connectivity index (χ2n) is 10.1. The summed E-state index contributed by atoms with van der Waals surface area (Å²) >= 11 is 0. The van der Waals surface area contributed by atoms with E-state index in [1.54, 1.807) is 37.4 Å². The highest BCUT2D eigenvalue weighted by molar-refractivity contribution is 5.93. The third-order valence-corrected chi connectivity index (χ3v) is 6.21. The van der Waals surface area contributed by atoms with Gasteiger partial charge in [-0.05, 0) is 65.0 Å². The summed E-state index contributed by atoms with van der Waals surface area (Å²) in [5.41, 5.74) is 8.29. The van der Waals surface area contributed by atoms with Crippen LogP contribution in [0.2, 0.25) is 0 Å². The van der Waals surface area contributed by atoms with E-state index in [0.717, 1.165) is 16.9 Å². The minimum atomic E-state index is -1.000. The zero-order valence-corrected chi connectivity index (χ0v) is 21.6. The van der Waals surface area contributed by atoms with E-state index in [1.807, 2.05) is 36.0 Å². The summed E-state index contributed by atoms with van der Waals surface area (Å²) < 4.78 is 27.6. The maximum Gasteiger partial charge on any atom is 0.412 e. The lowest BCUT2D eigenvalue weighted by atomic mass is 10.0. The molecule has 1 fully saturated rings. The molecule has 3 N–H and O–H groups in total. The predicted molar refractivity (Wildman–Crippen MR) is 138 cm³/mol. The first kappa shape index (κ1) is 25.5. The van der Waals surface area contributed by atoms with Gasteiger partial charge in [-0.25, -0.2) is 18.7 Å². The summed E-state index contributed by atoms with van der Waals surface area (Å²) in [4.78, 5) is 20.4. The molecule has 10 nitrogen and oxygen atoms in total. The minimum absolute atomic E-state index is 0.124. The van der Waals surface area contributed by atoms with Gasteiger partial charge in [-0.1, -0.05) is 6.07 Å². The molecule has 0 saturated carbocycles. The number of rotatable bonds is 5. The number of halogens is 1. The molecule has 36 heavy (non-hydrogen) atoms. The van der Waals surface area contributed by atoms with Crippen molar-refractivity contribution in [2.45, 2.75) is 45.0 Å². The lowest BCUT2D eigenvalue weighted by Crippen LogP contribution is -2.50. The third kappa shape index (κ3) is 5.15. The van der Waals surface area contributed by atoms with E-state index in [2.05, 4.69) is 15.4 Å². The Morgan fingerprint density at radius 3 is 2.67 bits per heavy atom. The van der Waals surface area contributed by atoms with Crippen LogP contribution in [-0.2, 0) is 4.74 Å². The third-order valence-electron chi connectivity index (χ3n) is 6.21. The molecule has 1 aliphatic rings. The Kier molecular flexibility index (Phi) is 6.94. The molecule has 0 spiro atoms. The first-order valence-corrected chi connectivity index (χ1v) is 11.8. The summed E-state index contributed by atoms with van der Waals surface area (Å²) in [5, 5.41) is 7.15. The lowest BCUT2D eigenvalue weighted by Gasteiger charge is -2.38. The zero-order chi connectivity index (χ0) is 26.2. The van der Waals surface area contributed by atoms with Gasteiger partial charge in [-0.3, -0.25) is 5.32 Å². The molecule has 0 aliphatic carbocycles. The topological polar surface area (TPSA) is 110 Å². The number of nitrogen functional groups attached to an aromatic ring is 1. The molecule has 2 atom stereocenters. The van der Waals surface area contributed by atoms with Crippen LogP contribution in [0, 0.1) is 0 Å². The number of fused-ring (bicyclic) bond motifs is 1. The van der Waals surface area contributed by atoms with E-state index < -0.39 is 17.9 Å². The molecule has 4 rings (SSSR count). The van der Waals surface area contributed by atoms with Crippen LogP contribution in [0.4, 0.5) is 26.5 Å². The molecule has 3 aromatic rings. The minimum Gasteiger partial charge on any atom is -0.495 e. The Labute approximate surface area is 210 Å². The second kappa shape index (κ2) is 9.81. The number of carbonyl (C=O) groups is 1. The maximum absolute atomic E-state index is 15.0. The normalized spacial score (nSPS) is 18.5. The molecular weight excluding hydrogens is 465 g/mol. The fourth-order valence-electron chi connectivity index (χ4n) is 4.55. The van der Waals surface area contributed by atoms with E-state index in [4.69, 9.17) is 15.2 Å². The number of nitrogens with zero attached hydrogens (tertiary/aromatic N) is 5. The lowest BCUT2D eigenvalue weighted by molar-refractivity contribution is 0.0635. The van der Waals surface area contributed by atoms with E-state index in [-0.39, 0.29) is 12.6 Å². The molecule has 1 saturated heterocycles. The highest BCUT2D eigenvalue weighted by Gasteiger charge is 2.32. The van der Waals surface area contributed by atoms with Gasteiger partial charge in [0.05, 0.1) is 19.3 Å². The van der Waals surface area contributed by atoms with Gasteiger partial charge in [0, 0.05) is 18.2 Å². The van der Waals surface area contributed by atoms with E-state index >= 15 is 0 Å². The van der Waals surface area contributed by atoms with Gasteiger partial charge in [-0.2, -0.15) is 5.10 Å². The number of nitrogens with one attached hydrogen (secondary N) is 1. The molecule has 194 valence electrons. The molecule has 1 aliphatic heterocycles. The maximum atomic E-state index is 15.0.